The van der Waals surface area contributed by atoms with Gasteiger partial charge in [0, 0.05) is 37.7 Å². The molecule has 38 heavy (non-hydrogen) atoms. The van der Waals surface area contributed by atoms with Crippen molar-refractivity contribution in [1.82, 2.24) is 9.80 Å². The maximum atomic E-state index is 14.2. The smallest absolute Gasteiger partial charge is 0.255 e. The van der Waals surface area contributed by atoms with Gasteiger partial charge in [-0.15, -0.1) is 0 Å². The zero-order valence-electron chi connectivity index (χ0n) is 22.3. The number of hydrogen-bond donors (Lipinski definition) is 0. The third-order valence-corrected chi connectivity index (χ3v) is 7.39. The van der Waals surface area contributed by atoms with Crippen molar-refractivity contribution in [3.8, 4) is 11.1 Å². The average Bonchev–Trinajstić information content (AvgIpc) is 3.07. The molecule has 0 radical (unpaired) electrons. The van der Waals surface area contributed by atoms with Crippen molar-refractivity contribution >= 4 is 17.6 Å². The maximum Gasteiger partial charge on any atom is 0.255 e. The molecule has 2 aliphatic carbocycles. The molecule has 2 aromatic carbocycles. The fourth-order valence-corrected chi connectivity index (χ4v) is 5.66. The molecule has 1 heterocycles. The maximum absolute atomic E-state index is 14.2. The highest BCUT2D eigenvalue weighted by Crippen LogP contribution is 2.35. The molecule has 0 spiro atoms. The Morgan fingerprint density at radius 2 is 1.42 bits per heavy atom. The Morgan fingerprint density at radius 1 is 0.816 bits per heavy atom. The topological polar surface area (TPSA) is 57.7 Å². The van der Waals surface area contributed by atoms with Gasteiger partial charge >= 0.3 is 0 Å². The molecule has 5 nitrogen and oxygen atoms in total. The van der Waals surface area contributed by atoms with Gasteiger partial charge in [-0.2, -0.15) is 0 Å². The highest BCUT2D eigenvalue weighted by Gasteiger charge is 2.38. The van der Waals surface area contributed by atoms with Crippen LogP contribution in [-0.2, 0) is 24.3 Å². The number of nitrogens with zero attached hydrogens (tertiary/aromatic N) is 2. The van der Waals surface area contributed by atoms with Crippen molar-refractivity contribution in [1.29, 1.82) is 0 Å². The number of hydrogen-bond acceptors (Lipinski definition) is 3. The summed E-state index contributed by atoms with van der Waals surface area (Å²) in [5.74, 6) is -0.424. The van der Waals surface area contributed by atoms with Crippen LogP contribution in [0, 0.1) is 13.8 Å². The second-order valence-electron chi connectivity index (χ2n) is 10.4. The SMILES string of the molecule is CC(=O)c1cc(C(=O)N2Cc3ccccc3CC2C(=O)N(C)Cc2cc(C)cc(C)c2)c2cccccc1-2. The summed E-state index contributed by atoms with van der Waals surface area (Å²) in [7, 11) is 1.80. The van der Waals surface area contributed by atoms with E-state index in [2.05, 4.69) is 32.0 Å². The Bertz CT molecular complexity index is 1500. The van der Waals surface area contributed by atoms with Gasteiger partial charge in [0.2, 0.25) is 5.91 Å². The van der Waals surface area contributed by atoms with Gasteiger partial charge in [-0.05, 0) is 54.7 Å². The van der Waals surface area contributed by atoms with Gasteiger partial charge in [-0.3, -0.25) is 14.4 Å². The molecule has 0 N–H and O–H groups in total. The molecule has 5 rings (SSSR count). The molecule has 1 atom stereocenters. The van der Waals surface area contributed by atoms with E-state index in [0.29, 0.717) is 30.6 Å². The fraction of sp³-hybridized carbons (Fsp3) is 0.242. The quantitative estimate of drug-likeness (QED) is 0.321. The highest BCUT2D eigenvalue weighted by atomic mass is 16.2. The fourth-order valence-electron chi connectivity index (χ4n) is 5.66. The Balaban J connectivity index is 1.52. The lowest BCUT2D eigenvalue weighted by molar-refractivity contribution is -0.135. The summed E-state index contributed by atoms with van der Waals surface area (Å²) in [5, 5.41) is 0. The van der Waals surface area contributed by atoms with E-state index in [1.54, 1.807) is 22.9 Å². The molecule has 2 amide bonds. The van der Waals surface area contributed by atoms with Crippen LogP contribution in [0.25, 0.3) is 11.1 Å². The Morgan fingerprint density at radius 3 is 2.08 bits per heavy atom. The third-order valence-electron chi connectivity index (χ3n) is 7.39. The number of benzene rings is 2. The summed E-state index contributed by atoms with van der Waals surface area (Å²) >= 11 is 0. The largest absolute Gasteiger partial charge is 0.340 e. The molecule has 1 unspecified atom stereocenters. The van der Waals surface area contributed by atoms with Crippen molar-refractivity contribution in [3.63, 3.8) is 0 Å². The van der Waals surface area contributed by atoms with E-state index in [0.717, 1.165) is 38.9 Å². The molecular formula is C33H32N2O3. The minimum absolute atomic E-state index is 0.0925. The minimum atomic E-state index is -0.642. The van der Waals surface area contributed by atoms with Crippen molar-refractivity contribution in [2.45, 2.75) is 46.3 Å². The summed E-state index contributed by atoms with van der Waals surface area (Å²) in [4.78, 5) is 44.0. The van der Waals surface area contributed by atoms with Crippen molar-refractivity contribution < 1.29 is 14.4 Å². The van der Waals surface area contributed by atoms with Crippen LogP contribution in [0.2, 0.25) is 0 Å². The number of fused-ring (bicyclic) bond motifs is 2. The standard InChI is InChI=1S/C33H32N2O3/c1-21-14-22(2)16-24(15-21)19-34(4)33(38)31-17-25-10-8-9-11-26(25)20-35(31)32(37)30-18-29(23(3)36)27-12-6-5-7-13-28(27)30/h5-16,18,31H,17,19-20H2,1-4H3. The summed E-state index contributed by atoms with van der Waals surface area (Å²) in [6, 6.07) is 24.7. The molecule has 0 saturated carbocycles. The first-order valence-corrected chi connectivity index (χ1v) is 13.0. The van der Waals surface area contributed by atoms with E-state index < -0.39 is 6.04 Å². The average molecular weight is 505 g/mol. The number of aryl methyl sites for hydroxylation is 2. The Hall–Kier alpha value is -4.25. The third kappa shape index (κ3) is 4.84. The number of Topliss-reactive ketones (excluding diaryl/α,β-unsaturated/α-hetero) is 1. The van der Waals surface area contributed by atoms with Crippen LogP contribution in [0.15, 0.2) is 78.9 Å². The summed E-state index contributed by atoms with van der Waals surface area (Å²) < 4.78 is 0. The van der Waals surface area contributed by atoms with E-state index in [4.69, 9.17) is 0 Å². The molecule has 0 aromatic heterocycles. The Labute approximate surface area is 224 Å². The number of carbonyl (C=O) groups is 3. The van der Waals surface area contributed by atoms with E-state index in [-0.39, 0.29) is 17.6 Å². The zero-order valence-corrected chi connectivity index (χ0v) is 22.3. The van der Waals surface area contributed by atoms with Crippen molar-refractivity contribution in [2.75, 3.05) is 7.05 Å². The first-order valence-electron chi connectivity index (χ1n) is 13.0. The molecular weight excluding hydrogens is 472 g/mol. The van der Waals surface area contributed by atoms with Gasteiger partial charge in [0.05, 0.1) is 0 Å². The monoisotopic (exact) mass is 504 g/mol. The highest BCUT2D eigenvalue weighted by molar-refractivity contribution is 6.11. The first-order chi connectivity index (χ1) is 18.2. The van der Waals surface area contributed by atoms with E-state index >= 15 is 0 Å². The lowest BCUT2D eigenvalue weighted by Gasteiger charge is -2.38. The van der Waals surface area contributed by atoms with Crippen LogP contribution in [0.3, 0.4) is 0 Å². The van der Waals surface area contributed by atoms with Gasteiger partial charge in [-0.1, -0.05) is 83.9 Å². The van der Waals surface area contributed by atoms with Gasteiger partial charge < -0.3 is 9.80 Å². The molecule has 0 bridgehead atoms. The van der Waals surface area contributed by atoms with Crippen LogP contribution < -0.4 is 0 Å². The molecule has 0 fully saturated rings. The van der Waals surface area contributed by atoms with Gasteiger partial charge in [0.15, 0.2) is 5.78 Å². The van der Waals surface area contributed by atoms with Gasteiger partial charge in [0.1, 0.15) is 6.04 Å². The number of carbonyl (C=O) groups excluding carboxylic acids is 3. The lowest BCUT2D eigenvalue weighted by Crippen LogP contribution is -2.52. The molecule has 5 heteroatoms. The van der Waals surface area contributed by atoms with Crippen LogP contribution in [0.1, 0.15) is 55.5 Å². The molecule has 0 saturated heterocycles. The number of likely N-dealkylation sites (N-methyl/N-ethyl adjacent to an activating group) is 1. The molecule has 192 valence electrons. The number of rotatable bonds is 5. The van der Waals surface area contributed by atoms with Crippen molar-refractivity contribution in [2.24, 2.45) is 0 Å². The van der Waals surface area contributed by atoms with Crippen LogP contribution >= 0.6 is 0 Å². The molecule has 3 aliphatic rings. The zero-order chi connectivity index (χ0) is 27.0. The van der Waals surface area contributed by atoms with Gasteiger partial charge in [0.25, 0.3) is 5.91 Å². The van der Waals surface area contributed by atoms with Gasteiger partial charge in [-0.25, -0.2) is 0 Å². The Kier molecular flexibility index (Phi) is 6.85. The summed E-state index contributed by atoms with van der Waals surface area (Å²) in [5.41, 5.74) is 7.93. The normalized spacial score (nSPS) is 14.7. The second kappa shape index (κ2) is 10.3. The van der Waals surface area contributed by atoms with Crippen LogP contribution in [-0.4, -0.2) is 40.5 Å². The van der Waals surface area contributed by atoms with E-state index in [1.165, 1.54) is 6.92 Å². The van der Waals surface area contributed by atoms with E-state index in [9.17, 15) is 14.4 Å². The van der Waals surface area contributed by atoms with Crippen LogP contribution in [0.5, 0.6) is 0 Å². The van der Waals surface area contributed by atoms with E-state index in [1.807, 2.05) is 54.6 Å². The first kappa shape index (κ1) is 25.4. The summed E-state index contributed by atoms with van der Waals surface area (Å²) in [6.07, 6.45) is 0.448. The predicted molar refractivity (Wildman–Crippen MR) is 149 cm³/mol. The van der Waals surface area contributed by atoms with Crippen molar-refractivity contribution in [3.05, 3.63) is 118 Å². The summed E-state index contributed by atoms with van der Waals surface area (Å²) in [6.45, 7) is 6.42. The second-order valence-corrected chi connectivity index (χ2v) is 10.4. The molecule has 2 aromatic rings. The number of amides is 2. The molecule has 1 aliphatic heterocycles. The predicted octanol–water partition coefficient (Wildman–Crippen LogP) is 5.84. The minimum Gasteiger partial charge on any atom is -0.340 e. The lowest BCUT2D eigenvalue weighted by atomic mass is 9.92. The number of ketones is 1. The van der Waals surface area contributed by atoms with Crippen LogP contribution in [0.4, 0.5) is 0 Å².